The van der Waals surface area contributed by atoms with Gasteiger partial charge in [0.2, 0.25) is 0 Å². The second kappa shape index (κ2) is 6.91. The number of nitrogens with zero attached hydrogens (tertiary/aromatic N) is 3. The number of aliphatic hydroxyl groups is 1. The minimum Gasteiger partial charge on any atom is -0.370 e. The van der Waals surface area contributed by atoms with E-state index in [0.29, 0.717) is 6.42 Å². The quantitative estimate of drug-likeness (QED) is 0.440. The molecule has 4 atom stereocenters. The van der Waals surface area contributed by atoms with Gasteiger partial charge in [0.05, 0.1) is 17.3 Å². The average Bonchev–Trinajstić information content (AvgIpc) is 2.48. The first kappa shape index (κ1) is 16.5. The van der Waals surface area contributed by atoms with Crippen LogP contribution in [0.3, 0.4) is 0 Å². The van der Waals surface area contributed by atoms with E-state index in [9.17, 15) is 9.90 Å². The summed E-state index contributed by atoms with van der Waals surface area (Å²) in [5, 5.41) is 19.3. The molecule has 1 aromatic rings. The topological polar surface area (TPSA) is 110 Å². The van der Waals surface area contributed by atoms with Crippen molar-refractivity contribution in [2.45, 2.75) is 48.2 Å². The van der Waals surface area contributed by atoms with Crippen molar-refractivity contribution in [2.75, 3.05) is 0 Å². The number of hydrogen-bond donors (Lipinski definition) is 3. The number of amides is 2. The van der Waals surface area contributed by atoms with Crippen LogP contribution in [0.5, 0.6) is 0 Å². The van der Waals surface area contributed by atoms with Crippen molar-refractivity contribution < 1.29 is 9.90 Å². The second-order valence-electron chi connectivity index (χ2n) is 5.30. The van der Waals surface area contributed by atoms with E-state index in [0.717, 1.165) is 4.90 Å². The molecule has 1 fully saturated rings. The molecule has 22 heavy (non-hydrogen) atoms. The molecule has 0 spiro atoms. The molecule has 0 aliphatic carbocycles. The number of thioether (sulfide) groups is 1. The number of benzene rings is 1. The first-order valence-electron chi connectivity index (χ1n) is 7.05. The van der Waals surface area contributed by atoms with E-state index in [1.165, 1.54) is 11.8 Å². The molecule has 1 aliphatic heterocycles. The average molecular weight is 321 g/mol. The van der Waals surface area contributed by atoms with Gasteiger partial charge in [-0.25, -0.2) is 4.79 Å². The van der Waals surface area contributed by atoms with E-state index in [2.05, 4.69) is 20.7 Å². The van der Waals surface area contributed by atoms with Crippen molar-refractivity contribution in [1.29, 1.82) is 0 Å². The van der Waals surface area contributed by atoms with E-state index in [1.807, 2.05) is 37.3 Å². The molecule has 8 heteroatoms. The van der Waals surface area contributed by atoms with Crippen molar-refractivity contribution in [1.82, 2.24) is 10.6 Å². The molecule has 2 rings (SSSR count). The molecule has 0 saturated carbocycles. The van der Waals surface area contributed by atoms with Gasteiger partial charge in [0.1, 0.15) is 5.72 Å². The third-order valence-corrected chi connectivity index (χ3v) is 5.13. The van der Waals surface area contributed by atoms with Crippen LogP contribution in [0.4, 0.5) is 4.79 Å². The number of rotatable bonds is 5. The van der Waals surface area contributed by atoms with Crippen LogP contribution in [0.1, 0.15) is 20.3 Å². The summed E-state index contributed by atoms with van der Waals surface area (Å²) in [6.07, 6.45) is 0.566. The maximum Gasteiger partial charge on any atom is 0.317 e. The highest BCUT2D eigenvalue weighted by Gasteiger charge is 2.47. The molecule has 3 N–H and O–H groups in total. The van der Waals surface area contributed by atoms with Crippen LogP contribution >= 0.6 is 11.8 Å². The summed E-state index contributed by atoms with van der Waals surface area (Å²) in [6.45, 7) is 3.44. The van der Waals surface area contributed by atoms with Crippen molar-refractivity contribution in [2.24, 2.45) is 5.11 Å². The number of hydrogen-bond acceptors (Lipinski definition) is 4. The Morgan fingerprint density at radius 2 is 2.18 bits per heavy atom. The van der Waals surface area contributed by atoms with Gasteiger partial charge < -0.3 is 15.7 Å². The molecule has 1 aliphatic rings. The van der Waals surface area contributed by atoms with E-state index >= 15 is 0 Å². The summed E-state index contributed by atoms with van der Waals surface area (Å²) in [6, 6.07) is 8.24. The Labute approximate surface area is 133 Å². The van der Waals surface area contributed by atoms with E-state index < -0.39 is 29.1 Å². The van der Waals surface area contributed by atoms with Crippen LogP contribution in [0.25, 0.3) is 10.4 Å². The standard InChI is InChI=1S/C14H19N5O2S/c1-3-10(18-19-15)11-12(14(2,21)17-13(20)16-11)22-9-7-5-4-6-8-9/h4-8,10-12,21H,3H2,1-2H3,(H2,16,17,20). The van der Waals surface area contributed by atoms with Crippen LogP contribution in [0, 0.1) is 0 Å². The largest absolute Gasteiger partial charge is 0.370 e. The number of carbonyl (C=O) groups excluding carboxylic acids is 1. The third-order valence-electron chi connectivity index (χ3n) is 3.58. The van der Waals surface area contributed by atoms with Crippen molar-refractivity contribution in [3.05, 3.63) is 40.8 Å². The van der Waals surface area contributed by atoms with Crippen LogP contribution in [0.15, 0.2) is 40.3 Å². The van der Waals surface area contributed by atoms with Gasteiger partial charge in [-0.2, -0.15) is 0 Å². The Hall–Kier alpha value is -1.89. The highest BCUT2D eigenvalue weighted by molar-refractivity contribution is 8.00. The number of urea groups is 1. The first-order chi connectivity index (χ1) is 10.5. The molecule has 1 saturated heterocycles. The zero-order chi connectivity index (χ0) is 16.2. The van der Waals surface area contributed by atoms with Crippen LogP contribution < -0.4 is 10.6 Å². The van der Waals surface area contributed by atoms with Crippen molar-refractivity contribution in [3.63, 3.8) is 0 Å². The van der Waals surface area contributed by atoms with Crippen molar-refractivity contribution >= 4 is 17.8 Å². The van der Waals surface area contributed by atoms with Gasteiger partial charge in [-0.3, -0.25) is 0 Å². The first-order valence-corrected chi connectivity index (χ1v) is 7.93. The normalized spacial score (nSPS) is 29.0. The van der Waals surface area contributed by atoms with Gasteiger partial charge in [-0.15, -0.1) is 11.8 Å². The summed E-state index contributed by atoms with van der Waals surface area (Å²) in [4.78, 5) is 15.6. The molecule has 1 heterocycles. The Kier molecular flexibility index (Phi) is 5.18. The lowest BCUT2D eigenvalue weighted by atomic mass is 9.94. The highest BCUT2D eigenvalue weighted by atomic mass is 32.2. The summed E-state index contributed by atoms with van der Waals surface area (Å²) < 4.78 is 0. The maximum atomic E-state index is 11.8. The Bertz CT molecular complexity index is 574. The lowest BCUT2D eigenvalue weighted by Crippen LogP contribution is -2.70. The Morgan fingerprint density at radius 3 is 2.77 bits per heavy atom. The zero-order valence-corrected chi connectivity index (χ0v) is 13.2. The minimum atomic E-state index is -1.41. The van der Waals surface area contributed by atoms with Gasteiger partial charge in [0.15, 0.2) is 0 Å². The Balaban J connectivity index is 2.33. The molecule has 2 amide bonds. The van der Waals surface area contributed by atoms with Gasteiger partial charge in [0.25, 0.3) is 0 Å². The van der Waals surface area contributed by atoms with Crippen LogP contribution in [-0.2, 0) is 0 Å². The zero-order valence-electron chi connectivity index (χ0n) is 12.4. The number of azide groups is 1. The highest BCUT2D eigenvalue weighted by Crippen LogP contribution is 2.35. The second-order valence-corrected chi connectivity index (χ2v) is 6.52. The molecule has 0 aromatic heterocycles. The fourth-order valence-electron chi connectivity index (χ4n) is 2.52. The van der Waals surface area contributed by atoms with Crippen LogP contribution in [-0.4, -0.2) is 34.2 Å². The lowest BCUT2D eigenvalue weighted by Gasteiger charge is -2.44. The SMILES string of the molecule is CCC(N=[N+]=[N-])C1NC(=O)NC(C)(O)C1Sc1ccccc1. The smallest absolute Gasteiger partial charge is 0.317 e. The minimum absolute atomic E-state index is 0.400. The lowest BCUT2D eigenvalue weighted by molar-refractivity contribution is 0.00882. The Morgan fingerprint density at radius 1 is 1.50 bits per heavy atom. The molecule has 0 radical (unpaired) electrons. The monoisotopic (exact) mass is 321 g/mol. The summed E-state index contributed by atoms with van der Waals surface area (Å²) in [5.74, 6) is 0. The summed E-state index contributed by atoms with van der Waals surface area (Å²) in [5.41, 5.74) is 7.32. The molecule has 0 bridgehead atoms. The van der Waals surface area contributed by atoms with E-state index in [4.69, 9.17) is 5.53 Å². The summed E-state index contributed by atoms with van der Waals surface area (Å²) >= 11 is 1.44. The van der Waals surface area contributed by atoms with Crippen LogP contribution in [0.2, 0.25) is 0 Å². The van der Waals surface area contributed by atoms with Gasteiger partial charge >= 0.3 is 6.03 Å². The molecule has 7 nitrogen and oxygen atoms in total. The fraction of sp³-hybridized carbons (Fsp3) is 0.500. The molecule has 4 unspecified atom stereocenters. The van der Waals surface area contributed by atoms with Gasteiger partial charge in [-0.05, 0) is 31.0 Å². The summed E-state index contributed by atoms with van der Waals surface area (Å²) in [7, 11) is 0. The third kappa shape index (κ3) is 3.65. The number of carbonyl (C=O) groups is 1. The molecular formula is C14H19N5O2S. The maximum absolute atomic E-state index is 11.8. The molecule has 118 valence electrons. The molecular weight excluding hydrogens is 302 g/mol. The number of nitrogens with one attached hydrogen (secondary N) is 2. The van der Waals surface area contributed by atoms with E-state index in [1.54, 1.807) is 6.92 Å². The fourth-order valence-corrected chi connectivity index (χ4v) is 3.81. The van der Waals surface area contributed by atoms with Crippen molar-refractivity contribution in [3.8, 4) is 0 Å². The molecule has 1 aromatic carbocycles. The van der Waals surface area contributed by atoms with Gasteiger partial charge in [0, 0.05) is 9.81 Å². The predicted molar refractivity (Wildman–Crippen MR) is 85.4 cm³/mol. The van der Waals surface area contributed by atoms with E-state index in [-0.39, 0.29) is 0 Å². The predicted octanol–water partition coefficient (Wildman–Crippen LogP) is 2.63. The van der Waals surface area contributed by atoms with Gasteiger partial charge in [-0.1, -0.05) is 30.2 Å².